The Balaban J connectivity index is 2.29. The van der Waals surface area contributed by atoms with Gasteiger partial charge >= 0.3 is 0 Å². The fourth-order valence-corrected chi connectivity index (χ4v) is 1.78. The summed E-state index contributed by atoms with van der Waals surface area (Å²) < 4.78 is 0. The van der Waals surface area contributed by atoms with Crippen LogP contribution >= 0.6 is 0 Å². The fraction of sp³-hybridized carbons (Fsp3) is 0.0667. The minimum absolute atomic E-state index is 0.501. The predicted molar refractivity (Wildman–Crippen MR) is 69.5 cm³/mol. The summed E-state index contributed by atoms with van der Waals surface area (Å²) in [6.45, 7) is 0. The molecule has 18 heavy (non-hydrogen) atoms. The second-order valence-corrected chi connectivity index (χ2v) is 3.98. The van der Waals surface area contributed by atoms with E-state index in [1.165, 1.54) is 0 Å². The van der Waals surface area contributed by atoms with Crippen LogP contribution in [0.15, 0.2) is 42.5 Å². The molecule has 0 saturated carbocycles. The molecule has 0 spiro atoms. The van der Waals surface area contributed by atoms with Crippen LogP contribution in [0.1, 0.15) is 22.3 Å². The summed E-state index contributed by atoms with van der Waals surface area (Å²) >= 11 is 0. The molecule has 2 rings (SSSR count). The summed E-state index contributed by atoms with van der Waals surface area (Å²) in [6.07, 6.45) is 0.660. The van der Waals surface area contributed by atoms with Crippen LogP contribution in [0.25, 0.3) is 0 Å². The molecule has 86 valence electrons. The number of anilines is 1. The third-order valence-corrected chi connectivity index (χ3v) is 2.79. The van der Waals surface area contributed by atoms with Gasteiger partial charge in [0.15, 0.2) is 0 Å². The van der Waals surface area contributed by atoms with Gasteiger partial charge in [-0.2, -0.15) is 10.5 Å². The standard InChI is InChI=1S/C15H11N3/c16-9-12-6-4-11(5-7-12)8-13-2-1-3-14(10-17)15(13)18/h1-7H,8,18H2. The molecule has 0 unspecified atom stereocenters. The van der Waals surface area contributed by atoms with Crippen LogP contribution < -0.4 is 5.73 Å². The summed E-state index contributed by atoms with van der Waals surface area (Å²) in [5, 5.41) is 17.6. The third kappa shape index (κ3) is 2.31. The molecule has 2 N–H and O–H groups in total. The molecular formula is C15H11N3. The highest BCUT2D eigenvalue weighted by molar-refractivity contribution is 5.60. The van der Waals surface area contributed by atoms with E-state index in [0.717, 1.165) is 11.1 Å². The van der Waals surface area contributed by atoms with Crippen LogP contribution in [0.5, 0.6) is 0 Å². The second kappa shape index (κ2) is 5.03. The molecule has 0 aliphatic rings. The van der Waals surface area contributed by atoms with Crippen LogP contribution in [0.2, 0.25) is 0 Å². The molecule has 0 fully saturated rings. The van der Waals surface area contributed by atoms with E-state index in [1.807, 2.05) is 24.3 Å². The van der Waals surface area contributed by atoms with Crippen molar-refractivity contribution in [2.24, 2.45) is 0 Å². The van der Waals surface area contributed by atoms with Crippen LogP contribution in [0.4, 0.5) is 5.69 Å². The molecule has 3 heteroatoms. The van der Waals surface area contributed by atoms with E-state index >= 15 is 0 Å². The van der Waals surface area contributed by atoms with Crippen molar-refractivity contribution < 1.29 is 0 Å². The zero-order chi connectivity index (χ0) is 13.0. The average molecular weight is 233 g/mol. The maximum atomic E-state index is 8.91. The van der Waals surface area contributed by atoms with E-state index in [9.17, 15) is 0 Å². The minimum Gasteiger partial charge on any atom is -0.397 e. The first-order valence-electron chi connectivity index (χ1n) is 5.51. The molecule has 0 aliphatic heterocycles. The minimum atomic E-state index is 0.501. The van der Waals surface area contributed by atoms with E-state index in [2.05, 4.69) is 12.1 Å². The van der Waals surface area contributed by atoms with Crippen molar-refractivity contribution >= 4 is 5.69 Å². The quantitative estimate of drug-likeness (QED) is 0.810. The summed E-state index contributed by atoms with van der Waals surface area (Å²) in [7, 11) is 0. The zero-order valence-corrected chi connectivity index (χ0v) is 9.72. The normalized spacial score (nSPS) is 9.44. The monoisotopic (exact) mass is 233 g/mol. The Kier molecular flexibility index (Phi) is 3.27. The maximum absolute atomic E-state index is 8.91. The smallest absolute Gasteiger partial charge is 0.101 e. The van der Waals surface area contributed by atoms with Gasteiger partial charge in [-0.1, -0.05) is 24.3 Å². The number of benzene rings is 2. The van der Waals surface area contributed by atoms with E-state index < -0.39 is 0 Å². The third-order valence-electron chi connectivity index (χ3n) is 2.79. The summed E-state index contributed by atoms with van der Waals surface area (Å²) in [6, 6.07) is 17.0. The number of hydrogen-bond acceptors (Lipinski definition) is 3. The van der Waals surface area contributed by atoms with Crippen molar-refractivity contribution in [1.82, 2.24) is 0 Å². The van der Waals surface area contributed by atoms with Gasteiger partial charge in [0.25, 0.3) is 0 Å². The van der Waals surface area contributed by atoms with E-state index in [4.69, 9.17) is 16.3 Å². The highest BCUT2D eigenvalue weighted by Crippen LogP contribution is 2.20. The van der Waals surface area contributed by atoms with Crippen molar-refractivity contribution in [3.63, 3.8) is 0 Å². The Morgan fingerprint density at radius 2 is 1.67 bits per heavy atom. The van der Waals surface area contributed by atoms with Crippen LogP contribution in [0, 0.1) is 22.7 Å². The van der Waals surface area contributed by atoms with Crippen molar-refractivity contribution in [3.8, 4) is 12.1 Å². The first kappa shape index (κ1) is 11.7. The SMILES string of the molecule is N#Cc1ccc(Cc2cccc(C#N)c2N)cc1. The van der Waals surface area contributed by atoms with Crippen LogP contribution in [0.3, 0.4) is 0 Å². The van der Waals surface area contributed by atoms with Gasteiger partial charge in [0, 0.05) is 0 Å². The van der Waals surface area contributed by atoms with Crippen molar-refractivity contribution in [3.05, 3.63) is 64.7 Å². The number of nitrogens with two attached hydrogens (primary N) is 1. The van der Waals surface area contributed by atoms with Crippen LogP contribution in [-0.2, 0) is 6.42 Å². The van der Waals surface area contributed by atoms with Gasteiger partial charge in [-0.15, -0.1) is 0 Å². The molecule has 0 radical (unpaired) electrons. The van der Waals surface area contributed by atoms with Gasteiger partial charge in [-0.05, 0) is 35.7 Å². The van der Waals surface area contributed by atoms with Gasteiger partial charge in [-0.3, -0.25) is 0 Å². The molecule has 2 aromatic rings. The lowest BCUT2D eigenvalue weighted by Crippen LogP contribution is -1.98. The van der Waals surface area contributed by atoms with Gasteiger partial charge in [0.05, 0.1) is 22.9 Å². The Labute approximate surface area is 106 Å². The molecule has 0 amide bonds. The first-order chi connectivity index (χ1) is 8.74. The van der Waals surface area contributed by atoms with Crippen molar-refractivity contribution in [1.29, 1.82) is 10.5 Å². The molecule has 0 heterocycles. The molecule has 2 aromatic carbocycles. The fourth-order valence-electron chi connectivity index (χ4n) is 1.78. The highest BCUT2D eigenvalue weighted by atomic mass is 14.6. The Morgan fingerprint density at radius 3 is 2.28 bits per heavy atom. The number of rotatable bonds is 2. The molecule has 0 atom stereocenters. The number of hydrogen-bond donors (Lipinski definition) is 1. The van der Waals surface area contributed by atoms with E-state index in [0.29, 0.717) is 23.2 Å². The molecular weight excluding hydrogens is 222 g/mol. The first-order valence-corrected chi connectivity index (χ1v) is 5.51. The molecule has 0 aliphatic carbocycles. The van der Waals surface area contributed by atoms with E-state index in [-0.39, 0.29) is 0 Å². The van der Waals surface area contributed by atoms with E-state index in [1.54, 1.807) is 18.2 Å². The topological polar surface area (TPSA) is 73.6 Å². The maximum Gasteiger partial charge on any atom is 0.101 e. The lowest BCUT2D eigenvalue weighted by molar-refractivity contribution is 1.19. The largest absolute Gasteiger partial charge is 0.397 e. The number of nitriles is 2. The van der Waals surface area contributed by atoms with Crippen LogP contribution in [-0.4, -0.2) is 0 Å². The van der Waals surface area contributed by atoms with Crippen molar-refractivity contribution in [2.75, 3.05) is 5.73 Å². The zero-order valence-electron chi connectivity index (χ0n) is 9.72. The van der Waals surface area contributed by atoms with Crippen molar-refractivity contribution in [2.45, 2.75) is 6.42 Å². The average Bonchev–Trinajstić information content (AvgIpc) is 2.42. The Bertz CT molecular complexity index is 643. The molecule has 3 nitrogen and oxygen atoms in total. The summed E-state index contributed by atoms with van der Waals surface area (Å²) in [5.74, 6) is 0. The lowest BCUT2D eigenvalue weighted by atomic mass is 10.00. The van der Waals surface area contributed by atoms with Gasteiger partial charge in [0.2, 0.25) is 0 Å². The van der Waals surface area contributed by atoms with Gasteiger partial charge in [0.1, 0.15) is 6.07 Å². The van der Waals surface area contributed by atoms with Gasteiger partial charge in [-0.25, -0.2) is 0 Å². The second-order valence-electron chi connectivity index (χ2n) is 3.98. The Hall–Kier alpha value is -2.78. The Morgan fingerprint density at radius 1 is 0.944 bits per heavy atom. The summed E-state index contributed by atoms with van der Waals surface area (Å²) in [4.78, 5) is 0. The molecule has 0 bridgehead atoms. The molecule has 0 aromatic heterocycles. The summed E-state index contributed by atoms with van der Waals surface area (Å²) in [5.41, 5.74) is 9.59. The molecule has 0 saturated heterocycles. The number of nitrogens with zero attached hydrogens (tertiary/aromatic N) is 2. The highest BCUT2D eigenvalue weighted by Gasteiger charge is 2.05. The van der Waals surface area contributed by atoms with Gasteiger partial charge < -0.3 is 5.73 Å². The lowest BCUT2D eigenvalue weighted by Gasteiger charge is -2.07. The number of nitrogen functional groups attached to an aromatic ring is 1. The number of para-hydroxylation sites is 1. The predicted octanol–water partition coefficient (Wildman–Crippen LogP) is 2.60.